The van der Waals surface area contributed by atoms with Crippen LogP contribution in [0.1, 0.15) is 31.9 Å². The van der Waals surface area contributed by atoms with E-state index in [1.807, 2.05) is 45.9 Å². The van der Waals surface area contributed by atoms with Crippen LogP contribution < -0.4 is 10.1 Å². The lowest BCUT2D eigenvalue weighted by Gasteiger charge is -2.23. The molecule has 1 rings (SSSR count). The molecule has 0 saturated carbocycles. The van der Waals surface area contributed by atoms with Crippen LogP contribution in [0.3, 0.4) is 0 Å². The molecule has 1 aromatic rings. The van der Waals surface area contributed by atoms with Gasteiger partial charge in [0.15, 0.2) is 0 Å². The molecule has 1 unspecified atom stereocenters. The summed E-state index contributed by atoms with van der Waals surface area (Å²) in [7, 11) is 0. The minimum atomic E-state index is -0.579. The first-order valence-corrected chi connectivity index (χ1v) is 6.85. The molecule has 0 aliphatic heterocycles. The summed E-state index contributed by atoms with van der Waals surface area (Å²) < 4.78 is 5.66. The maximum atomic E-state index is 9.91. The highest BCUT2D eigenvalue weighted by molar-refractivity contribution is 5.41. The average molecular weight is 276 g/mol. The van der Waals surface area contributed by atoms with E-state index in [1.165, 1.54) is 0 Å². The van der Waals surface area contributed by atoms with E-state index in [4.69, 9.17) is 10.00 Å². The summed E-state index contributed by atoms with van der Waals surface area (Å²) in [4.78, 5) is 0. The molecule has 0 saturated heterocycles. The van der Waals surface area contributed by atoms with Gasteiger partial charge >= 0.3 is 0 Å². The molecular weight excluding hydrogens is 252 g/mol. The van der Waals surface area contributed by atoms with Crippen molar-refractivity contribution in [3.05, 3.63) is 29.3 Å². The first-order valence-electron chi connectivity index (χ1n) is 6.85. The molecule has 0 bridgehead atoms. The van der Waals surface area contributed by atoms with E-state index in [9.17, 15) is 5.11 Å². The van der Waals surface area contributed by atoms with Crippen LogP contribution in [0.2, 0.25) is 0 Å². The highest BCUT2D eigenvalue weighted by atomic mass is 16.5. The van der Waals surface area contributed by atoms with Crippen molar-refractivity contribution in [2.24, 2.45) is 0 Å². The molecule has 0 aliphatic rings. The lowest BCUT2D eigenvalue weighted by Crippen LogP contribution is -2.42. The molecule has 1 aromatic carbocycles. The predicted octanol–water partition coefficient (Wildman–Crippen LogP) is 2.19. The molecule has 110 valence electrons. The number of β-amino-alcohol motifs (C(OH)–C–C–N with tert-alkyl or cyclic N) is 1. The summed E-state index contributed by atoms with van der Waals surface area (Å²) in [5.41, 5.74) is 1.90. The fraction of sp³-hybridized carbons (Fsp3) is 0.562. The van der Waals surface area contributed by atoms with E-state index < -0.39 is 6.10 Å². The number of ether oxygens (including phenoxy) is 1. The second kappa shape index (κ2) is 7.28. The molecule has 1 atom stereocenters. The second-order valence-electron chi connectivity index (χ2n) is 5.98. The molecule has 0 amide bonds. The zero-order valence-electron chi connectivity index (χ0n) is 12.7. The van der Waals surface area contributed by atoms with Gasteiger partial charge in [0, 0.05) is 17.6 Å². The summed E-state index contributed by atoms with van der Waals surface area (Å²) in [6.45, 7) is 8.79. The first-order chi connectivity index (χ1) is 9.33. The maximum absolute atomic E-state index is 9.91. The van der Waals surface area contributed by atoms with E-state index in [0.29, 0.717) is 18.7 Å². The third-order valence-corrected chi connectivity index (χ3v) is 2.92. The van der Waals surface area contributed by atoms with Gasteiger partial charge in [-0.05, 0) is 39.3 Å². The van der Waals surface area contributed by atoms with Gasteiger partial charge in [-0.3, -0.25) is 0 Å². The Morgan fingerprint density at radius 2 is 2.10 bits per heavy atom. The quantitative estimate of drug-likeness (QED) is 0.836. The Morgan fingerprint density at radius 3 is 2.70 bits per heavy atom. The van der Waals surface area contributed by atoms with Gasteiger partial charge in [-0.1, -0.05) is 12.1 Å². The lowest BCUT2D eigenvalue weighted by molar-refractivity contribution is 0.0996. The fourth-order valence-electron chi connectivity index (χ4n) is 1.79. The second-order valence-corrected chi connectivity index (χ2v) is 5.98. The van der Waals surface area contributed by atoms with Crippen molar-refractivity contribution >= 4 is 0 Å². The molecule has 0 heterocycles. The molecule has 0 spiro atoms. The van der Waals surface area contributed by atoms with Gasteiger partial charge in [0.2, 0.25) is 0 Å². The molecular formula is C16H24N2O2. The largest absolute Gasteiger partial charge is 0.491 e. The molecule has 0 fully saturated rings. The molecule has 0 aromatic heterocycles. The van der Waals surface area contributed by atoms with Crippen molar-refractivity contribution in [3.63, 3.8) is 0 Å². The van der Waals surface area contributed by atoms with E-state index in [2.05, 4.69) is 11.4 Å². The van der Waals surface area contributed by atoms with Crippen LogP contribution in [0.15, 0.2) is 18.2 Å². The molecule has 0 aliphatic carbocycles. The van der Waals surface area contributed by atoms with Crippen LogP contribution in [0, 0.1) is 18.3 Å². The Labute approximate surface area is 121 Å². The number of hydrogen-bond acceptors (Lipinski definition) is 4. The number of nitrogens with one attached hydrogen (secondary N) is 1. The van der Waals surface area contributed by atoms with Gasteiger partial charge in [-0.15, -0.1) is 0 Å². The van der Waals surface area contributed by atoms with Crippen LogP contribution in [0.25, 0.3) is 0 Å². The number of rotatable bonds is 6. The number of nitrogens with zero attached hydrogens (tertiary/aromatic N) is 1. The fourth-order valence-corrected chi connectivity index (χ4v) is 1.79. The third-order valence-electron chi connectivity index (χ3n) is 2.92. The van der Waals surface area contributed by atoms with Gasteiger partial charge in [0.05, 0.1) is 12.5 Å². The lowest BCUT2D eigenvalue weighted by atomic mass is 10.1. The summed E-state index contributed by atoms with van der Waals surface area (Å²) in [5.74, 6) is 0.682. The van der Waals surface area contributed by atoms with Gasteiger partial charge in [0.1, 0.15) is 18.5 Å². The van der Waals surface area contributed by atoms with Crippen LogP contribution in [-0.2, 0) is 6.42 Å². The zero-order chi connectivity index (χ0) is 15.2. The number of hydrogen-bond donors (Lipinski definition) is 2. The van der Waals surface area contributed by atoms with E-state index >= 15 is 0 Å². The third kappa shape index (κ3) is 5.60. The summed E-state index contributed by atoms with van der Waals surface area (Å²) in [6.07, 6.45) is -0.261. The minimum Gasteiger partial charge on any atom is -0.491 e. The molecule has 20 heavy (non-hydrogen) atoms. The van der Waals surface area contributed by atoms with E-state index in [0.717, 1.165) is 11.1 Å². The number of aliphatic hydroxyl groups excluding tert-OH is 1. The monoisotopic (exact) mass is 276 g/mol. The van der Waals surface area contributed by atoms with Crippen LogP contribution in [-0.4, -0.2) is 29.9 Å². The van der Waals surface area contributed by atoms with E-state index in [1.54, 1.807) is 0 Å². The standard InChI is InChI=1S/C16H24N2O2/c1-12-6-5-7-15(14(12)8-9-17)20-11-13(19)10-18-16(2,3)4/h5-7,13,18-19H,8,10-11H2,1-4H3. The van der Waals surface area contributed by atoms with Gasteiger partial charge in [0.25, 0.3) is 0 Å². The van der Waals surface area contributed by atoms with Crippen LogP contribution >= 0.6 is 0 Å². The molecule has 0 radical (unpaired) electrons. The maximum Gasteiger partial charge on any atom is 0.123 e. The Morgan fingerprint density at radius 1 is 1.40 bits per heavy atom. The van der Waals surface area contributed by atoms with Crippen LogP contribution in [0.5, 0.6) is 5.75 Å². The van der Waals surface area contributed by atoms with Crippen LogP contribution in [0.4, 0.5) is 0 Å². The normalized spacial score (nSPS) is 12.8. The Hall–Kier alpha value is -1.57. The predicted molar refractivity (Wildman–Crippen MR) is 79.8 cm³/mol. The molecule has 2 N–H and O–H groups in total. The summed E-state index contributed by atoms with van der Waals surface area (Å²) in [5, 5.41) is 22.0. The molecule has 4 nitrogen and oxygen atoms in total. The summed E-state index contributed by atoms with van der Waals surface area (Å²) >= 11 is 0. The first kappa shape index (κ1) is 16.5. The topological polar surface area (TPSA) is 65.3 Å². The van der Waals surface area contributed by atoms with Gasteiger partial charge in [-0.25, -0.2) is 0 Å². The number of nitriles is 1. The van der Waals surface area contributed by atoms with Crippen molar-refractivity contribution in [1.82, 2.24) is 5.32 Å². The zero-order valence-corrected chi connectivity index (χ0v) is 12.7. The Kier molecular flexibility index (Phi) is 6.00. The average Bonchev–Trinajstić information content (AvgIpc) is 2.36. The summed E-state index contributed by atoms with van der Waals surface area (Å²) in [6, 6.07) is 7.83. The van der Waals surface area contributed by atoms with Gasteiger partial charge < -0.3 is 15.2 Å². The van der Waals surface area contributed by atoms with Crippen molar-refractivity contribution in [1.29, 1.82) is 5.26 Å². The van der Waals surface area contributed by atoms with E-state index in [-0.39, 0.29) is 12.1 Å². The van der Waals surface area contributed by atoms with Crippen molar-refractivity contribution in [2.75, 3.05) is 13.2 Å². The smallest absolute Gasteiger partial charge is 0.123 e. The van der Waals surface area contributed by atoms with Crippen molar-refractivity contribution in [2.45, 2.75) is 45.8 Å². The number of benzene rings is 1. The Bertz CT molecular complexity index is 472. The number of aliphatic hydroxyl groups is 1. The molecule has 4 heteroatoms. The SMILES string of the molecule is Cc1cccc(OCC(O)CNC(C)(C)C)c1CC#N. The number of aryl methyl sites for hydroxylation is 1. The highest BCUT2D eigenvalue weighted by Crippen LogP contribution is 2.22. The Balaban J connectivity index is 2.57. The highest BCUT2D eigenvalue weighted by Gasteiger charge is 2.13. The van der Waals surface area contributed by atoms with Crippen molar-refractivity contribution < 1.29 is 9.84 Å². The van der Waals surface area contributed by atoms with Crippen molar-refractivity contribution in [3.8, 4) is 11.8 Å². The minimum absolute atomic E-state index is 0.0315. The van der Waals surface area contributed by atoms with Gasteiger partial charge in [-0.2, -0.15) is 5.26 Å².